The van der Waals surface area contributed by atoms with Crippen molar-refractivity contribution in [1.82, 2.24) is 10.2 Å². The van der Waals surface area contributed by atoms with Crippen LogP contribution < -0.4 is 11.1 Å². The highest BCUT2D eigenvalue weighted by Gasteiger charge is 2.22. The van der Waals surface area contributed by atoms with Crippen LogP contribution in [-0.2, 0) is 6.54 Å². The van der Waals surface area contributed by atoms with Gasteiger partial charge < -0.3 is 11.1 Å². The van der Waals surface area contributed by atoms with Gasteiger partial charge in [0, 0.05) is 12.6 Å². The van der Waals surface area contributed by atoms with Crippen LogP contribution in [-0.4, -0.2) is 36.5 Å². The first-order chi connectivity index (χ1) is 9.69. The summed E-state index contributed by atoms with van der Waals surface area (Å²) in [5.74, 6) is 0.550. The fourth-order valence-electron chi connectivity index (χ4n) is 2.69. The van der Waals surface area contributed by atoms with Crippen LogP contribution in [0, 0.1) is 6.92 Å². The number of guanidine groups is 1. The second-order valence-electron chi connectivity index (χ2n) is 5.49. The van der Waals surface area contributed by atoms with E-state index in [2.05, 4.69) is 53.3 Å². The zero-order valence-electron chi connectivity index (χ0n) is 12.6. The highest BCUT2D eigenvalue weighted by Crippen LogP contribution is 2.15. The zero-order chi connectivity index (χ0) is 14.4. The van der Waals surface area contributed by atoms with Crippen molar-refractivity contribution in [2.75, 3.05) is 19.6 Å². The molecule has 4 heteroatoms. The number of likely N-dealkylation sites (tertiary alicyclic amines) is 1. The molecule has 1 fully saturated rings. The van der Waals surface area contributed by atoms with Crippen molar-refractivity contribution in [3.63, 3.8) is 0 Å². The first kappa shape index (κ1) is 14.9. The lowest BCUT2D eigenvalue weighted by molar-refractivity contribution is 0.267. The maximum Gasteiger partial charge on any atom is 0.188 e. The molecule has 4 nitrogen and oxygen atoms in total. The molecule has 1 aromatic rings. The molecule has 1 aliphatic rings. The Morgan fingerprint density at radius 3 is 2.85 bits per heavy atom. The summed E-state index contributed by atoms with van der Waals surface area (Å²) in [6.07, 6.45) is 2.55. The molecule has 0 radical (unpaired) electrons. The van der Waals surface area contributed by atoms with Crippen molar-refractivity contribution in [2.24, 2.45) is 10.7 Å². The van der Waals surface area contributed by atoms with Gasteiger partial charge in [0.15, 0.2) is 5.96 Å². The average molecular weight is 274 g/mol. The summed E-state index contributed by atoms with van der Waals surface area (Å²) in [5.41, 5.74) is 8.40. The second kappa shape index (κ2) is 7.29. The molecule has 1 aromatic carbocycles. The van der Waals surface area contributed by atoms with Gasteiger partial charge >= 0.3 is 0 Å². The maximum absolute atomic E-state index is 5.94. The van der Waals surface area contributed by atoms with Crippen LogP contribution in [0.25, 0.3) is 0 Å². The quantitative estimate of drug-likeness (QED) is 0.637. The van der Waals surface area contributed by atoms with E-state index in [0.29, 0.717) is 18.5 Å². The minimum atomic E-state index is 0.550. The Bertz CT molecular complexity index is 438. The number of nitrogens with zero attached hydrogens (tertiary/aromatic N) is 2. The summed E-state index contributed by atoms with van der Waals surface area (Å²) in [5, 5.41) is 3.26. The lowest BCUT2D eigenvalue weighted by Crippen LogP contribution is -2.42. The fraction of sp³-hybridized carbons (Fsp3) is 0.562. The van der Waals surface area contributed by atoms with Crippen molar-refractivity contribution in [1.29, 1.82) is 0 Å². The summed E-state index contributed by atoms with van der Waals surface area (Å²) < 4.78 is 0. The number of nitrogens with two attached hydrogens (primary N) is 1. The molecule has 3 N–H and O–H groups in total. The van der Waals surface area contributed by atoms with Crippen LogP contribution in [0.15, 0.2) is 29.3 Å². The molecule has 1 heterocycles. The minimum Gasteiger partial charge on any atom is -0.370 e. The van der Waals surface area contributed by atoms with Crippen LogP contribution >= 0.6 is 0 Å². The van der Waals surface area contributed by atoms with Crippen molar-refractivity contribution in [3.8, 4) is 0 Å². The summed E-state index contributed by atoms with van der Waals surface area (Å²) in [4.78, 5) is 6.90. The van der Waals surface area contributed by atoms with Crippen LogP contribution in [0.5, 0.6) is 0 Å². The number of aliphatic imine (C=N–C) groups is 1. The normalized spacial score (nSPS) is 20.3. The third-order valence-corrected chi connectivity index (χ3v) is 3.98. The third kappa shape index (κ3) is 4.23. The Labute approximate surface area is 122 Å². The summed E-state index contributed by atoms with van der Waals surface area (Å²) in [6.45, 7) is 8.17. The molecular formula is C16H26N4. The topological polar surface area (TPSA) is 53.6 Å². The summed E-state index contributed by atoms with van der Waals surface area (Å²) in [6, 6.07) is 9.01. The number of likely N-dealkylation sites (N-methyl/N-ethyl adjacent to an activating group) is 1. The predicted molar refractivity (Wildman–Crippen MR) is 84.8 cm³/mol. The molecule has 1 aliphatic heterocycles. The molecule has 1 unspecified atom stereocenters. The molecule has 1 atom stereocenters. The molecule has 0 amide bonds. The van der Waals surface area contributed by atoms with Gasteiger partial charge in [-0.25, -0.2) is 4.99 Å². The van der Waals surface area contributed by atoms with E-state index in [9.17, 15) is 0 Å². The van der Waals surface area contributed by atoms with Gasteiger partial charge in [0.05, 0.1) is 6.54 Å². The number of nitrogens with one attached hydrogen (secondary N) is 1. The fourth-order valence-corrected chi connectivity index (χ4v) is 2.69. The second-order valence-corrected chi connectivity index (χ2v) is 5.49. The van der Waals surface area contributed by atoms with Gasteiger partial charge in [-0.1, -0.05) is 36.8 Å². The highest BCUT2D eigenvalue weighted by molar-refractivity contribution is 5.77. The molecule has 0 spiro atoms. The van der Waals surface area contributed by atoms with E-state index in [1.807, 2.05) is 0 Å². The van der Waals surface area contributed by atoms with E-state index in [-0.39, 0.29) is 0 Å². The first-order valence-electron chi connectivity index (χ1n) is 7.52. The van der Waals surface area contributed by atoms with E-state index in [0.717, 1.165) is 13.1 Å². The van der Waals surface area contributed by atoms with Gasteiger partial charge in [-0.15, -0.1) is 0 Å². The third-order valence-electron chi connectivity index (χ3n) is 3.98. The highest BCUT2D eigenvalue weighted by atomic mass is 15.2. The van der Waals surface area contributed by atoms with Crippen molar-refractivity contribution < 1.29 is 0 Å². The van der Waals surface area contributed by atoms with E-state index >= 15 is 0 Å². The van der Waals surface area contributed by atoms with Crippen LogP contribution in [0.2, 0.25) is 0 Å². The van der Waals surface area contributed by atoms with Gasteiger partial charge in [-0.05, 0) is 38.4 Å². The smallest absolute Gasteiger partial charge is 0.188 e. The maximum atomic E-state index is 5.94. The molecule has 110 valence electrons. The van der Waals surface area contributed by atoms with Gasteiger partial charge in [-0.3, -0.25) is 4.90 Å². The lowest BCUT2D eigenvalue weighted by Gasteiger charge is -2.23. The number of benzene rings is 1. The number of aryl methyl sites for hydroxylation is 1. The van der Waals surface area contributed by atoms with E-state index in [1.54, 1.807) is 0 Å². The van der Waals surface area contributed by atoms with Crippen LogP contribution in [0.3, 0.4) is 0 Å². The van der Waals surface area contributed by atoms with Crippen molar-refractivity contribution in [2.45, 2.75) is 39.3 Å². The molecule has 0 aromatic heterocycles. The van der Waals surface area contributed by atoms with Crippen molar-refractivity contribution in [3.05, 3.63) is 35.4 Å². The Hall–Kier alpha value is -1.55. The largest absolute Gasteiger partial charge is 0.370 e. The van der Waals surface area contributed by atoms with Gasteiger partial charge in [-0.2, -0.15) is 0 Å². The van der Waals surface area contributed by atoms with Gasteiger partial charge in [0.1, 0.15) is 0 Å². The summed E-state index contributed by atoms with van der Waals surface area (Å²) in [7, 11) is 0. The van der Waals surface area contributed by atoms with E-state index in [4.69, 9.17) is 5.73 Å². The Balaban J connectivity index is 1.77. The van der Waals surface area contributed by atoms with Crippen molar-refractivity contribution >= 4 is 5.96 Å². The Morgan fingerprint density at radius 2 is 2.15 bits per heavy atom. The standard InChI is InChI=1S/C16H26N4/c1-3-20-10-4-5-15(20)12-19-16(17)18-11-14-8-6-13(2)7-9-14/h6-9,15H,3-5,10-12H2,1-2H3,(H3,17,18,19). The molecule has 0 aliphatic carbocycles. The van der Waals surface area contributed by atoms with Gasteiger partial charge in [0.25, 0.3) is 0 Å². The van der Waals surface area contributed by atoms with E-state index < -0.39 is 0 Å². The molecular weight excluding hydrogens is 248 g/mol. The number of rotatable bonds is 5. The SMILES string of the molecule is CCN1CCCC1CNC(N)=NCc1ccc(C)cc1. The molecule has 20 heavy (non-hydrogen) atoms. The lowest BCUT2D eigenvalue weighted by atomic mass is 10.1. The monoisotopic (exact) mass is 274 g/mol. The minimum absolute atomic E-state index is 0.550. The molecule has 1 saturated heterocycles. The molecule has 0 bridgehead atoms. The van der Waals surface area contributed by atoms with E-state index in [1.165, 1.54) is 30.5 Å². The van der Waals surface area contributed by atoms with Gasteiger partial charge in [0.2, 0.25) is 0 Å². The zero-order valence-corrected chi connectivity index (χ0v) is 12.6. The summed E-state index contributed by atoms with van der Waals surface area (Å²) >= 11 is 0. The number of hydrogen-bond donors (Lipinski definition) is 2. The molecule has 2 rings (SSSR count). The Morgan fingerprint density at radius 1 is 1.40 bits per heavy atom. The first-order valence-corrected chi connectivity index (χ1v) is 7.52. The van der Waals surface area contributed by atoms with Crippen LogP contribution in [0.1, 0.15) is 30.9 Å². The Kier molecular flexibility index (Phi) is 5.41. The predicted octanol–water partition coefficient (Wildman–Crippen LogP) is 1.88. The molecule has 0 saturated carbocycles. The van der Waals surface area contributed by atoms with Crippen LogP contribution in [0.4, 0.5) is 0 Å². The number of hydrogen-bond acceptors (Lipinski definition) is 2. The average Bonchev–Trinajstić information content (AvgIpc) is 2.92.